The summed E-state index contributed by atoms with van der Waals surface area (Å²) < 4.78 is 0. The van der Waals surface area contributed by atoms with E-state index < -0.39 is 0 Å². The van der Waals surface area contributed by atoms with Gasteiger partial charge in [0.15, 0.2) is 0 Å². The molecule has 2 aliphatic heterocycles. The highest BCUT2D eigenvalue weighted by Gasteiger charge is 2.37. The van der Waals surface area contributed by atoms with E-state index >= 15 is 0 Å². The molecule has 0 saturated carbocycles. The number of aromatic hydroxyl groups is 1. The Morgan fingerprint density at radius 3 is 2.57 bits per heavy atom. The number of hydrogen-bond donors (Lipinski definition) is 2. The van der Waals surface area contributed by atoms with E-state index in [1.54, 1.807) is 18.2 Å². The highest BCUT2D eigenvalue weighted by Crippen LogP contribution is 2.30. The van der Waals surface area contributed by atoms with Gasteiger partial charge in [0.1, 0.15) is 5.75 Å². The standard InChI is InChI=1S/C17H24N2O2/c1-3-19(15-9-13-5-6-14(10-15)18-13)17(21)12-4-7-16(20)11(2)8-12/h4,7-8,13-15,18,20H,3,5-6,9-10H2,1-2H3. The molecule has 1 aromatic rings. The van der Waals surface area contributed by atoms with Crippen LogP contribution in [0.3, 0.4) is 0 Å². The minimum atomic E-state index is 0.0897. The molecule has 2 fully saturated rings. The van der Waals surface area contributed by atoms with Crippen molar-refractivity contribution in [3.63, 3.8) is 0 Å². The largest absolute Gasteiger partial charge is 0.508 e. The van der Waals surface area contributed by atoms with Crippen LogP contribution in [0.1, 0.15) is 48.5 Å². The molecule has 21 heavy (non-hydrogen) atoms. The summed E-state index contributed by atoms with van der Waals surface area (Å²) in [5, 5.41) is 13.2. The average Bonchev–Trinajstić information content (AvgIpc) is 2.81. The van der Waals surface area contributed by atoms with Crippen LogP contribution < -0.4 is 5.32 Å². The maximum absolute atomic E-state index is 12.8. The summed E-state index contributed by atoms with van der Waals surface area (Å²) >= 11 is 0. The van der Waals surface area contributed by atoms with E-state index in [-0.39, 0.29) is 11.7 Å². The summed E-state index contributed by atoms with van der Waals surface area (Å²) in [6.45, 7) is 4.62. The smallest absolute Gasteiger partial charge is 0.254 e. The Morgan fingerprint density at radius 1 is 1.33 bits per heavy atom. The predicted octanol–water partition coefficient (Wildman–Crippen LogP) is 2.45. The number of fused-ring (bicyclic) bond motifs is 2. The summed E-state index contributed by atoms with van der Waals surface area (Å²) in [5.41, 5.74) is 1.43. The first kappa shape index (κ1) is 14.4. The van der Waals surface area contributed by atoms with Gasteiger partial charge in [0.05, 0.1) is 0 Å². The predicted molar refractivity (Wildman–Crippen MR) is 82.5 cm³/mol. The normalized spacial score (nSPS) is 27.6. The Labute approximate surface area is 126 Å². The van der Waals surface area contributed by atoms with Gasteiger partial charge in [-0.2, -0.15) is 0 Å². The first-order valence-electron chi connectivity index (χ1n) is 7.95. The Bertz CT molecular complexity index is 532. The van der Waals surface area contributed by atoms with E-state index in [1.165, 1.54) is 12.8 Å². The molecule has 4 nitrogen and oxygen atoms in total. The van der Waals surface area contributed by atoms with E-state index in [4.69, 9.17) is 0 Å². The van der Waals surface area contributed by atoms with E-state index in [0.717, 1.165) is 24.9 Å². The number of benzene rings is 1. The van der Waals surface area contributed by atoms with Crippen molar-refractivity contribution in [3.05, 3.63) is 29.3 Å². The van der Waals surface area contributed by atoms with Gasteiger partial charge in [-0.15, -0.1) is 0 Å². The molecule has 2 unspecified atom stereocenters. The van der Waals surface area contributed by atoms with Gasteiger partial charge in [0.2, 0.25) is 0 Å². The molecule has 3 rings (SSSR count). The van der Waals surface area contributed by atoms with Gasteiger partial charge in [0.25, 0.3) is 5.91 Å². The Balaban J connectivity index is 1.79. The second kappa shape index (κ2) is 5.68. The number of aryl methyl sites for hydroxylation is 1. The van der Waals surface area contributed by atoms with Gasteiger partial charge < -0.3 is 15.3 Å². The molecule has 1 amide bonds. The van der Waals surface area contributed by atoms with Crippen molar-refractivity contribution in [1.29, 1.82) is 0 Å². The maximum atomic E-state index is 12.8. The zero-order valence-corrected chi connectivity index (χ0v) is 12.8. The van der Waals surface area contributed by atoms with Crippen LogP contribution in [0.15, 0.2) is 18.2 Å². The van der Waals surface area contributed by atoms with Crippen molar-refractivity contribution >= 4 is 5.91 Å². The van der Waals surface area contributed by atoms with Gasteiger partial charge in [-0.3, -0.25) is 4.79 Å². The minimum absolute atomic E-state index is 0.0897. The highest BCUT2D eigenvalue weighted by molar-refractivity contribution is 5.94. The number of phenolic OH excluding ortho intramolecular Hbond substituents is 1. The fourth-order valence-electron chi connectivity index (χ4n) is 3.80. The van der Waals surface area contributed by atoms with E-state index in [0.29, 0.717) is 23.7 Å². The number of rotatable bonds is 3. The number of nitrogens with one attached hydrogen (secondary N) is 1. The molecule has 2 bridgehead atoms. The summed E-state index contributed by atoms with van der Waals surface area (Å²) in [7, 11) is 0. The van der Waals surface area contributed by atoms with E-state index in [9.17, 15) is 9.90 Å². The lowest BCUT2D eigenvalue weighted by Crippen LogP contribution is -2.50. The second-order valence-electron chi connectivity index (χ2n) is 6.36. The van der Waals surface area contributed by atoms with Crippen LogP contribution in [0.5, 0.6) is 5.75 Å². The Hall–Kier alpha value is -1.55. The molecule has 2 atom stereocenters. The number of hydrogen-bond acceptors (Lipinski definition) is 3. The van der Waals surface area contributed by atoms with Crippen molar-refractivity contribution in [1.82, 2.24) is 10.2 Å². The lowest BCUT2D eigenvalue weighted by atomic mass is 9.97. The molecular weight excluding hydrogens is 264 g/mol. The molecule has 2 heterocycles. The lowest BCUT2D eigenvalue weighted by molar-refractivity contribution is 0.0631. The second-order valence-corrected chi connectivity index (χ2v) is 6.36. The molecule has 4 heteroatoms. The van der Waals surface area contributed by atoms with Gasteiger partial charge in [-0.25, -0.2) is 0 Å². The third-order valence-corrected chi connectivity index (χ3v) is 4.93. The molecule has 2 aliphatic rings. The monoisotopic (exact) mass is 288 g/mol. The van der Waals surface area contributed by atoms with Crippen LogP contribution in [-0.2, 0) is 0 Å². The third kappa shape index (κ3) is 2.77. The van der Waals surface area contributed by atoms with Crippen LogP contribution in [0, 0.1) is 6.92 Å². The summed E-state index contributed by atoms with van der Waals surface area (Å²) in [6, 6.07) is 6.63. The van der Waals surface area contributed by atoms with Gasteiger partial charge in [-0.05, 0) is 63.3 Å². The summed E-state index contributed by atoms with van der Waals surface area (Å²) in [5.74, 6) is 0.335. The molecule has 1 aromatic carbocycles. The SMILES string of the molecule is CCN(C(=O)c1ccc(O)c(C)c1)C1CC2CCC(C1)N2. The van der Waals surface area contributed by atoms with Crippen molar-refractivity contribution < 1.29 is 9.90 Å². The van der Waals surface area contributed by atoms with Crippen molar-refractivity contribution in [3.8, 4) is 5.75 Å². The van der Waals surface area contributed by atoms with Crippen molar-refractivity contribution in [2.45, 2.75) is 57.7 Å². The zero-order valence-electron chi connectivity index (χ0n) is 12.8. The molecule has 0 aliphatic carbocycles. The Morgan fingerprint density at radius 2 is 2.00 bits per heavy atom. The number of carbonyl (C=O) groups is 1. The molecule has 2 N–H and O–H groups in total. The summed E-state index contributed by atoms with van der Waals surface area (Å²) in [4.78, 5) is 14.8. The zero-order chi connectivity index (χ0) is 15.0. The highest BCUT2D eigenvalue weighted by atomic mass is 16.3. The van der Waals surface area contributed by atoms with Gasteiger partial charge >= 0.3 is 0 Å². The number of amides is 1. The maximum Gasteiger partial charge on any atom is 0.254 e. The van der Waals surface area contributed by atoms with E-state index in [1.807, 2.05) is 11.8 Å². The first-order chi connectivity index (χ1) is 10.1. The van der Waals surface area contributed by atoms with Crippen LogP contribution in [0.25, 0.3) is 0 Å². The fraction of sp³-hybridized carbons (Fsp3) is 0.588. The molecule has 0 radical (unpaired) electrons. The van der Waals surface area contributed by atoms with Crippen molar-refractivity contribution in [2.24, 2.45) is 0 Å². The Kier molecular flexibility index (Phi) is 3.89. The topological polar surface area (TPSA) is 52.6 Å². The molecule has 0 aromatic heterocycles. The van der Waals surface area contributed by atoms with Crippen molar-refractivity contribution in [2.75, 3.05) is 6.54 Å². The third-order valence-electron chi connectivity index (χ3n) is 4.93. The average molecular weight is 288 g/mol. The number of piperidine rings is 1. The van der Waals surface area contributed by atoms with Gasteiger partial charge in [-0.1, -0.05) is 0 Å². The molecular formula is C17H24N2O2. The van der Waals surface area contributed by atoms with E-state index in [2.05, 4.69) is 12.2 Å². The quantitative estimate of drug-likeness (QED) is 0.898. The summed E-state index contributed by atoms with van der Waals surface area (Å²) in [6.07, 6.45) is 4.61. The van der Waals surface area contributed by atoms with Crippen LogP contribution in [0.2, 0.25) is 0 Å². The van der Waals surface area contributed by atoms with Gasteiger partial charge in [0, 0.05) is 30.2 Å². The fourth-order valence-corrected chi connectivity index (χ4v) is 3.80. The first-order valence-corrected chi connectivity index (χ1v) is 7.95. The lowest BCUT2D eigenvalue weighted by Gasteiger charge is -2.37. The van der Waals surface area contributed by atoms with Crippen LogP contribution in [0.4, 0.5) is 0 Å². The molecule has 0 spiro atoms. The minimum Gasteiger partial charge on any atom is -0.508 e. The number of nitrogens with zero attached hydrogens (tertiary/aromatic N) is 1. The molecule has 2 saturated heterocycles. The van der Waals surface area contributed by atoms with Crippen LogP contribution in [-0.4, -0.2) is 40.6 Å². The van der Waals surface area contributed by atoms with Crippen LogP contribution >= 0.6 is 0 Å². The molecule has 114 valence electrons. The number of phenols is 1. The number of carbonyl (C=O) groups excluding carboxylic acids is 1.